The molecule has 3 amide bonds. The molecule has 0 spiro atoms. The molecule has 2 heterocycles. The molecule has 0 unspecified atom stereocenters. The summed E-state index contributed by atoms with van der Waals surface area (Å²) < 4.78 is 16.5. The number of halogens is 1. The fraction of sp³-hybridized carbons (Fsp3) is 0.222. The van der Waals surface area contributed by atoms with Gasteiger partial charge in [0.15, 0.2) is 11.5 Å². The van der Waals surface area contributed by atoms with Crippen molar-refractivity contribution in [1.29, 1.82) is 0 Å². The molecule has 184 valence electrons. The van der Waals surface area contributed by atoms with E-state index in [4.69, 9.17) is 25.8 Å². The number of aryl methyl sites for hydroxylation is 1. The molecule has 9 heteroatoms. The van der Waals surface area contributed by atoms with Crippen LogP contribution < -0.4 is 19.1 Å². The molecule has 5 rings (SSSR count). The lowest BCUT2D eigenvalue weighted by molar-refractivity contribution is -0.130. The number of ether oxygens (including phenoxy) is 3. The highest BCUT2D eigenvalue weighted by Crippen LogP contribution is 2.49. The van der Waals surface area contributed by atoms with Gasteiger partial charge in [-0.1, -0.05) is 29.8 Å². The highest BCUT2D eigenvalue weighted by molar-refractivity contribution is 6.31. The Labute approximate surface area is 212 Å². The molecule has 0 aliphatic carbocycles. The third kappa shape index (κ3) is 3.40. The van der Waals surface area contributed by atoms with Gasteiger partial charge in [-0.2, -0.15) is 0 Å². The summed E-state index contributed by atoms with van der Waals surface area (Å²) >= 11 is 6.28. The normalized spacial score (nSPS) is 18.8. The number of benzene rings is 3. The molecule has 2 aliphatic heterocycles. The van der Waals surface area contributed by atoms with E-state index in [1.54, 1.807) is 53.4 Å². The van der Waals surface area contributed by atoms with Crippen molar-refractivity contribution in [3.63, 3.8) is 0 Å². The SMILES string of the molecule is COc1cc([C@H]2[C@@H](N3C(=O)c4ccccc4C3=O)C(=O)N2c2cc(Cl)ccc2C)cc(OC)c1OC. The summed E-state index contributed by atoms with van der Waals surface area (Å²) in [5.74, 6) is -0.251. The molecule has 1 saturated heterocycles. The average molecular weight is 507 g/mol. The zero-order valence-corrected chi connectivity index (χ0v) is 20.8. The van der Waals surface area contributed by atoms with Crippen LogP contribution in [-0.4, -0.2) is 50.0 Å². The van der Waals surface area contributed by atoms with Crippen molar-refractivity contribution in [3.05, 3.63) is 81.9 Å². The Kier molecular flexibility index (Phi) is 5.84. The van der Waals surface area contributed by atoms with Gasteiger partial charge in [0.2, 0.25) is 5.75 Å². The number of hydrogen-bond donors (Lipinski definition) is 0. The number of carbonyl (C=O) groups is 3. The summed E-state index contributed by atoms with van der Waals surface area (Å²) in [6.07, 6.45) is 0. The summed E-state index contributed by atoms with van der Waals surface area (Å²) in [6.45, 7) is 1.86. The van der Waals surface area contributed by atoms with Gasteiger partial charge in [0, 0.05) is 10.7 Å². The standard InChI is InChI=1S/C27H23ClN2O6/c1-14-9-10-16(28)13-19(14)29-22(15-11-20(34-2)24(36-4)21(12-15)35-3)23(27(29)33)30-25(31)17-7-5-6-8-18(17)26(30)32/h5-13,22-23H,1-4H3/t22-,23+/m0/s1. The van der Waals surface area contributed by atoms with Crippen LogP contribution in [0.15, 0.2) is 54.6 Å². The molecular formula is C27H23ClN2O6. The lowest BCUT2D eigenvalue weighted by Crippen LogP contribution is -2.67. The Morgan fingerprint density at radius 3 is 1.86 bits per heavy atom. The predicted octanol–water partition coefficient (Wildman–Crippen LogP) is 4.43. The molecule has 3 aromatic rings. The van der Waals surface area contributed by atoms with Gasteiger partial charge >= 0.3 is 0 Å². The van der Waals surface area contributed by atoms with Crippen LogP contribution in [0.2, 0.25) is 5.02 Å². The summed E-state index contributed by atoms with van der Waals surface area (Å²) in [5.41, 5.74) is 2.54. The van der Waals surface area contributed by atoms with Crippen LogP contribution in [0.5, 0.6) is 17.2 Å². The van der Waals surface area contributed by atoms with Crippen molar-refractivity contribution in [2.24, 2.45) is 0 Å². The molecule has 0 N–H and O–H groups in total. The fourth-order valence-corrected chi connectivity index (χ4v) is 5.07. The third-order valence-electron chi connectivity index (χ3n) is 6.63. The van der Waals surface area contributed by atoms with Crippen LogP contribution in [-0.2, 0) is 4.79 Å². The van der Waals surface area contributed by atoms with Gasteiger partial charge in [-0.25, -0.2) is 0 Å². The minimum Gasteiger partial charge on any atom is -0.493 e. The van der Waals surface area contributed by atoms with E-state index in [2.05, 4.69) is 0 Å². The van der Waals surface area contributed by atoms with Gasteiger partial charge in [0.25, 0.3) is 17.7 Å². The Bertz CT molecular complexity index is 1360. The molecule has 36 heavy (non-hydrogen) atoms. The molecule has 0 radical (unpaired) electrons. The van der Waals surface area contributed by atoms with E-state index >= 15 is 0 Å². The molecule has 1 fully saturated rings. The lowest BCUT2D eigenvalue weighted by atomic mass is 9.85. The smallest absolute Gasteiger partial charge is 0.262 e. The van der Waals surface area contributed by atoms with E-state index in [0.717, 1.165) is 10.5 Å². The van der Waals surface area contributed by atoms with Crippen molar-refractivity contribution in [3.8, 4) is 17.2 Å². The first-order valence-corrected chi connectivity index (χ1v) is 11.6. The van der Waals surface area contributed by atoms with E-state index in [1.165, 1.54) is 21.3 Å². The third-order valence-corrected chi connectivity index (χ3v) is 6.87. The van der Waals surface area contributed by atoms with E-state index < -0.39 is 29.8 Å². The van der Waals surface area contributed by atoms with Crippen LogP contribution in [0.1, 0.15) is 37.9 Å². The summed E-state index contributed by atoms with van der Waals surface area (Å²) in [6, 6.07) is 13.4. The van der Waals surface area contributed by atoms with Crippen molar-refractivity contribution in [1.82, 2.24) is 4.90 Å². The Morgan fingerprint density at radius 2 is 1.33 bits per heavy atom. The second kappa shape index (κ2) is 8.87. The van der Waals surface area contributed by atoms with Gasteiger partial charge in [-0.15, -0.1) is 0 Å². The molecule has 8 nitrogen and oxygen atoms in total. The van der Waals surface area contributed by atoms with Crippen LogP contribution in [0, 0.1) is 6.92 Å². The first kappa shape index (κ1) is 23.7. The Balaban J connectivity index is 1.68. The number of carbonyl (C=O) groups excluding carboxylic acids is 3. The number of anilines is 1. The fourth-order valence-electron chi connectivity index (χ4n) is 4.90. The van der Waals surface area contributed by atoms with E-state index in [9.17, 15) is 14.4 Å². The summed E-state index contributed by atoms with van der Waals surface area (Å²) in [7, 11) is 4.48. The van der Waals surface area contributed by atoms with Gasteiger partial charge in [0.05, 0.1) is 38.5 Å². The number of methoxy groups -OCH3 is 3. The number of amides is 3. The number of fused-ring (bicyclic) bond motifs is 1. The van der Waals surface area contributed by atoms with Crippen molar-refractivity contribution < 1.29 is 28.6 Å². The van der Waals surface area contributed by atoms with Gasteiger partial charge < -0.3 is 19.1 Å². The largest absolute Gasteiger partial charge is 0.493 e. The molecule has 2 aliphatic rings. The second-order valence-corrected chi connectivity index (χ2v) is 8.95. The first-order valence-electron chi connectivity index (χ1n) is 11.2. The van der Waals surface area contributed by atoms with Gasteiger partial charge in [-0.05, 0) is 54.4 Å². The topological polar surface area (TPSA) is 85.4 Å². The zero-order valence-electron chi connectivity index (χ0n) is 20.1. The lowest BCUT2D eigenvalue weighted by Gasteiger charge is -2.50. The molecule has 0 saturated carbocycles. The molecule has 0 bridgehead atoms. The minimum absolute atomic E-state index is 0.274. The number of imide groups is 1. The number of β-lactam (4-membered cyclic amide) rings is 1. The maximum atomic E-state index is 13.7. The van der Waals surface area contributed by atoms with Crippen molar-refractivity contribution in [2.45, 2.75) is 19.0 Å². The number of hydrogen-bond acceptors (Lipinski definition) is 6. The number of nitrogens with zero attached hydrogens (tertiary/aromatic N) is 2. The van der Waals surface area contributed by atoms with Crippen molar-refractivity contribution >= 4 is 35.0 Å². The molecule has 3 aromatic carbocycles. The van der Waals surface area contributed by atoms with Gasteiger partial charge in [-0.3, -0.25) is 19.3 Å². The van der Waals surface area contributed by atoms with E-state index in [-0.39, 0.29) is 11.1 Å². The van der Waals surface area contributed by atoms with Crippen LogP contribution in [0.3, 0.4) is 0 Å². The molecule has 0 aromatic heterocycles. The highest BCUT2D eigenvalue weighted by Gasteiger charge is 2.57. The van der Waals surface area contributed by atoms with Gasteiger partial charge in [0.1, 0.15) is 6.04 Å². The van der Waals surface area contributed by atoms with Crippen LogP contribution in [0.4, 0.5) is 5.69 Å². The first-order chi connectivity index (χ1) is 17.3. The maximum Gasteiger partial charge on any atom is 0.262 e. The monoisotopic (exact) mass is 506 g/mol. The van der Waals surface area contributed by atoms with E-state index in [0.29, 0.717) is 33.5 Å². The molecular weight excluding hydrogens is 484 g/mol. The zero-order chi connectivity index (χ0) is 25.7. The Morgan fingerprint density at radius 1 is 0.750 bits per heavy atom. The maximum absolute atomic E-state index is 13.7. The summed E-state index contributed by atoms with van der Waals surface area (Å²) in [4.78, 5) is 43.0. The van der Waals surface area contributed by atoms with E-state index in [1.807, 2.05) is 13.0 Å². The number of rotatable bonds is 6. The summed E-state index contributed by atoms with van der Waals surface area (Å²) in [5, 5.41) is 0.455. The van der Waals surface area contributed by atoms with Crippen LogP contribution in [0.25, 0.3) is 0 Å². The minimum atomic E-state index is -1.07. The molecule has 2 atom stereocenters. The van der Waals surface area contributed by atoms with Crippen molar-refractivity contribution in [2.75, 3.05) is 26.2 Å². The Hall–Kier alpha value is -4.04. The predicted molar refractivity (Wildman–Crippen MR) is 133 cm³/mol. The quantitative estimate of drug-likeness (QED) is 0.363. The average Bonchev–Trinajstić information content (AvgIpc) is 3.13. The highest BCUT2D eigenvalue weighted by atomic mass is 35.5. The van der Waals surface area contributed by atoms with Crippen LogP contribution >= 0.6 is 11.6 Å². The second-order valence-electron chi connectivity index (χ2n) is 8.51.